The molecule has 1 heterocycles. The number of anilines is 1. The normalized spacial score (nSPS) is 10.6. The van der Waals surface area contributed by atoms with Crippen LogP contribution in [0.4, 0.5) is 5.69 Å². The maximum absolute atomic E-state index is 5.77. The van der Waals surface area contributed by atoms with E-state index in [0.29, 0.717) is 11.5 Å². The van der Waals surface area contributed by atoms with E-state index in [1.165, 1.54) is 5.56 Å². The van der Waals surface area contributed by atoms with Crippen molar-refractivity contribution >= 4 is 5.69 Å². The Morgan fingerprint density at radius 2 is 1.79 bits per heavy atom. The fraction of sp³-hybridized carbons (Fsp3) is 0.0667. The molecule has 4 heteroatoms. The Balaban J connectivity index is 2.00. The number of nitrogens with two attached hydrogens (primary N) is 1. The minimum absolute atomic E-state index is 0.695. The monoisotopic (exact) mass is 250 g/mol. The van der Waals surface area contributed by atoms with Gasteiger partial charge in [0.1, 0.15) is 0 Å². The second-order valence-corrected chi connectivity index (χ2v) is 4.50. The van der Waals surface area contributed by atoms with Crippen LogP contribution in [0, 0.1) is 6.92 Å². The predicted octanol–water partition coefficient (Wildman–Crippen LogP) is 3.03. The molecule has 0 fully saturated rings. The van der Waals surface area contributed by atoms with E-state index in [0.717, 1.165) is 17.0 Å². The van der Waals surface area contributed by atoms with Crippen LogP contribution in [0.2, 0.25) is 0 Å². The standard InChI is InChI=1S/C15H14N4/c1-10-4-2-5-11(8-10)14-17-15(19-18-14)12-6-3-7-13(16)9-12/h2-9H,16H2,1H3,(H,17,18,19). The lowest BCUT2D eigenvalue weighted by Gasteiger charge is -1.97. The van der Waals surface area contributed by atoms with Gasteiger partial charge in [0.05, 0.1) is 0 Å². The predicted molar refractivity (Wildman–Crippen MR) is 76.4 cm³/mol. The summed E-state index contributed by atoms with van der Waals surface area (Å²) in [6, 6.07) is 15.7. The van der Waals surface area contributed by atoms with E-state index in [1.807, 2.05) is 36.4 Å². The van der Waals surface area contributed by atoms with Crippen LogP contribution in [0.5, 0.6) is 0 Å². The summed E-state index contributed by atoms with van der Waals surface area (Å²) < 4.78 is 0. The zero-order valence-electron chi connectivity index (χ0n) is 10.6. The van der Waals surface area contributed by atoms with Crippen molar-refractivity contribution in [3.8, 4) is 22.8 Å². The van der Waals surface area contributed by atoms with Crippen LogP contribution < -0.4 is 5.73 Å². The van der Waals surface area contributed by atoms with Crippen molar-refractivity contribution in [3.63, 3.8) is 0 Å². The van der Waals surface area contributed by atoms with Crippen LogP contribution in [0.3, 0.4) is 0 Å². The molecule has 0 aliphatic heterocycles. The van der Waals surface area contributed by atoms with Gasteiger partial charge in [0.25, 0.3) is 0 Å². The number of aromatic amines is 1. The van der Waals surface area contributed by atoms with Crippen molar-refractivity contribution in [1.82, 2.24) is 15.2 Å². The summed E-state index contributed by atoms with van der Waals surface area (Å²) in [6.45, 7) is 2.05. The van der Waals surface area contributed by atoms with Crippen LogP contribution in [0.15, 0.2) is 48.5 Å². The molecule has 19 heavy (non-hydrogen) atoms. The van der Waals surface area contributed by atoms with E-state index in [9.17, 15) is 0 Å². The number of hydrogen-bond donors (Lipinski definition) is 2. The van der Waals surface area contributed by atoms with Crippen LogP contribution >= 0.6 is 0 Å². The first kappa shape index (κ1) is 11.5. The summed E-state index contributed by atoms with van der Waals surface area (Å²) in [5.41, 5.74) is 9.62. The number of rotatable bonds is 2. The minimum Gasteiger partial charge on any atom is -0.399 e. The molecule has 3 rings (SSSR count). The van der Waals surface area contributed by atoms with Crippen LogP contribution in [0.25, 0.3) is 22.8 Å². The first-order valence-corrected chi connectivity index (χ1v) is 6.08. The average Bonchev–Trinajstić information content (AvgIpc) is 2.88. The highest BCUT2D eigenvalue weighted by Crippen LogP contribution is 2.21. The third-order valence-electron chi connectivity index (χ3n) is 2.92. The van der Waals surface area contributed by atoms with Gasteiger partial charge >= 0.3 is 0 Å². The van der Waals surface area contributed by atoms with Gasteiger partial charge in [-0.2, -0.15) is 5.10 Å². The second-order valence-electron chi connectivity index (χ2n) is 4.50. The molecular weight excluding hydrogens is 236 g/mol. The lowest BCUT2D eigenvalue weighted by Crippen LogP contribution is -1.86. The van der Waals surface area contributed by atoms with Gasteiger partial charge in [0.15, 0.2) is 11.6 Å². The zero-order valence-corrected chi connectivity index (χ0v) is 10.6. The van der Waals surface area contributed by atoms with Crippen molar-refractivity contribution in [2.75, 3.05) is 5.73 Å². The Morgan fingerprint density at radius 1 is 1.00 bits per heavy atom. The van der Waals surface area contributed by atoms with Crippen molar-refractivity contribution < 1.29 is 0 Å². The van der Waals surface area contributed by atoms with E-state index in [-0.39, 0.29) is 0 Å². The minimum atomic E-state index is 0.695. The molecule has 0 unspecified atom stereocenters. The molecule has 0 saturated heterocycles. The molecule has 94 valence electrons. The lowest BCUT2D eigenvalue weighted by molar-refractivity contribution is 1.10. The molecule has 0 spiro atoms. The molecule has 0 bridgehead atoms. The Bertz CT molecular complexity index is 655. The number of aryl methyl sites for hydroxylation is 1. The maximum atomic E-state index is 5.77. The number of nitrogens with one attached hydrogen (secondary N) is 1. The highest BCUT2D eigenvalue weighted by atomic mass is 15.2. The SMILES string of the molecule is Cc1cccc(-c2n[nH]c(-c3cccc(N)c3)n2)c1. The molecular formula is C15H14N4. The number of H-pyrrole nitrogens is 1. The van der Waals surface area contributed by atoms with Crippen molar-refractivity contribution in [3.05, 3.63) is 54.1 Å². The van der Waals surface area contributed by atoms with Gasteiger partial charge in [-0.05, 0) is 25.1 Å². The molecule has 0 aliphatic rings. The van der Waals surface area contributed by atoms with Gasteiger partial charge in [0.2, 0.25) is 0 Å². The van der Waals surface area contributed by atoms with Crippen molar-refractivity contribution in [1.29, 1.82) is 0 Å². The molecule has 0 amide bonds. The number of aromatic nitrogens is 3. The summed E-state index contributed by atoms with van der Waals surface area (Å²) in [7, 11) is 0. The second kappa shape index (κ2) is 4.57. The molecule has 4 nitrogen and oxygen atoms in total. The number of nitrogen functional groups attached to an aromatic ring is 1. The smallest absolute Gasteiger partial charge is 0.181 e. The quantitative estimate of drug-likeness (QED) is 0.687. The first-order chi connectivity index (χ1) is 9.22. The Hall–Kier alpha value is -2.62. The molecule has 0 saturated carbocycles. The van der Waals surface area contributed by atoms with Crippen LogP contribution in [0.1, 0.15) is 5.56 Å². The third kappa shape index (κ3) is 2.33. The molecule has 3 N–H and O–H groups in total. The van der Waals surface area contributed by atoms with Gasteiger partial charge in [0, 0.05) is 16.8 Å². The maximum Gasteiger partial charge on any atom is 0.181 e. The number of nitrogens with zero attached hydrogens (tertiary/aromatic N) is 2. The van der Waals surface area contributed by atoms with Crippen molar-refractivity contribution in [2.45, 2.75) is 6.92 Å². The molecule has 2 aromatic carbocycles. The van der Waals surface area contributed by atoms with E-state index in [2.05, 4.69) is 34.2 Å². The fourth-order valence-corrected chi connectivity index (χ4v) is 1.99. The van der Waals surface area contributed by atoms with Crippen LogP contribution in [-0.4, -0.2) is 15.2 Å². The summed E-state index contributed by atoms with van der Waals surface area (Å²) in [6.07, 6.45) is 0. The van der Waals surface area contributed by atoms with Gasteiger partial charge in [-0.1, -0.05) is 35.9 Å². The largest absolute Gasteiger partial charge is 0.399 e. The van der Waals surface area contributed by atoms with Crippen LogP contribution in [-0.2, 0) is 0 Å². The Morgan fingerprint density at radius 3 is 2.58 bits per heavy atom. The van der Waals surface area contributed by atoms with Gasteiger partial charge in [-0.25, -0.2) is 4.98 Å². The molecule has 0 aliphatic carbocycles. The average molecular weight is 250 g/mol. The van der Waals surface area contributed by atoms with E-state index in [1.54, 1.807) is 0 Å². The van der Waals surface area contributed by atoms with E-state index in [4.69, 9.17) is 5.73 Å². The van der Waals surface area contributed by atoms with Crippen molar-refractivity contribution in [2.24, 2.45) is 0 Å². The summed E-state index contributed by atoms with van der Waals surface area (Å²) in [5.74, 6) is 1.42. The number of benzene rings is 2. The summed E-state index contributed by atoms with van der Waals surface area (Å²) in [4.78, 5) is 4.51. The summed E-state index contributed by atoms with van der Waals surface area (Å²) >= 11 is 0. The molecule has 0 radical (unpaired) electrons. The first-order valence-electron chi connectivity index (χ1n) is 6.08. The Labute approximate surface area is 111 Å². The van der Waals surface area contributed by atoms with Gasteiger partial charge in [-0.15, -0.1) is 0 Å². The fourth-order valence-electron chi connectivity index (χ4n) is 1.99. The van der Waals surface area contributed by atoms with Gasteiger partial charge < -0.3 is 5.73 Å². The number of hydrogen-bond acceptors (Lipinski definition) is 3. The zero-order chi connectivity index (χ0) is 13.2. The van der Waals surface area contributed by atoms with Gasteiger partial charge in [-0.3, -0.25) is 5.10 Å². The third-order valence-corrected chi connectivity index (χ3v) is 2.92. The summed E-state index contributed by atoms with van der Waals surface area (Å²) in [5, 5.41) is 7.21. The highest BCUT2D eigenvalue weighted by molar-refractivity contribution is 5.64. The molecule has 3 aromatic rings. The van der Waals surface area contributed by atoms with E-state index >= 15 is 0 Å². The Kier molecular flexibility index (Phi) is 2.76. The topological polar surface area (TPSA) is 67.6 Å². The molecule has 1 aromatic heterocycles. The molecule has 0 atom stereocenters. The highest BCUT2D eigenvalue weighted by Gasteiger charge is 2.07. The lowest BCUT2D eigenvalue weighted by atomic mass is 10.1. The van der Waals surface area contributed by atoms with E-state index < -0.39 is 0 Å².